The van der Waals surface area contributed by atoms with E-state index >= 15 is 0 Å². The molecule has 0 aliphatic carbocycles. The number of anilines is 1. The van der Waals surface area contributed by atoms with Crippen molar-refractivity contribution in [3.63, 3.8) is 0 Å². The zero-order valence-corrected chi connectivity index (χ0v) is 12.6. The van der Waals surface area contributed by atoms with E-state index in [1.165, 1.54) is 5.56 Å². The zero-order valence-electron chi connectivity index (χ0n) is 12.6. The van der Waals surface area contributed by atoms with Crippen LogP contribution in [0.3, 0.4) is 0 Å². The highest BCUT2D eigenvalue weighted by Gasteiger charge is 2.06. The lowest BCUT2D eigenvalue weighted by Crippen LogP contribution is -2.34. The van der Waals surface area contributed by atoms with E-state index in [0.29, 0.717) is 12.6 Å². The fraction of sp³-hybridized carbons (Fsp3) is 0.600. The topological polar surface area (TPSA) is 50.5 Å². The van der Waals surface area contributed by atoms with Gasteiger partial charge in [0.2, 0.25) is 0 Å². The van der Waals surface area contributed by atoms with Gasteiger partial charge in [0.05, 0.1) is 12.3 Å². The van der Waals surface area contributed by atoms with Crippen molar-refractivity contribution < 1.29 is 4.74 Å². The SMILES string of the molecule is CCOc1ccc(CC(C)NCCN(C)C)cc1N. The second-order valence-electron chi connectivity index (χ2n) is 5.17. The molecular formula is C15H27N3O. The van der Waals surface area contributed by atoms with E-state index < -0.39 is 0 Å². The van der Waals surface area contributed by atoms with Gasteiger partial charge in [-0.1, -0.05) is 6.07 Å². The first-order valence-electron chi connectivity index (χ1n) is 6.92. The maximum Gasteiger partial charge on any atom is 0.142 e. The first-order chi connectivity index (χ1) is 9.02. The van der Waals surface area contributed by atoms with Crippen molar-refractivity contribution in [1.29, 1.82) is 0 Å². The summed E-state index contributed by atoms with van der Waals surface area (Å²) in [4.78, 5) is 2.18. The lowest BCUT2D eigenvalue weighted by atomic mass is 10.1. The van der Waals surface area contributed by atoms with Crippen LogP contribution in [-0.4, -0.2) is 44.7 Å². The third-order valence-corrected chi connectivity index (χ3v) is 2.97. The molecule has 0 fully saturated rings. The van der Waals surface area contributed by atoms with Crippen LogP contribution < -0.4 is 15.8 Å². The van der Waals surface area contributed by atoms with Crippen LogP contribution in [-0.2, 0) is 6.42 Å². The van der Waals surface area contributed by atoms with Crippen molar-refractivity contribution in [3.8, 4) is 5.75 Å². The van der Waals surface area contributed by atoms with Crippen LogP contribution in [0, 0.1) is 0 Å². The average Bonchev–Trinajstić information content (AvgIpc) is 2.32. The fourth-order valence-corrected chi connectivity index (χ4v) is 1.97. The van der Waals surface area contributed by atoms with Gasteiger partial charge in [-0.25, -0.2) is 0 Å². The summed E-state index contributed by atoms with van der Waals surface area (Å²) in [6, 6.07) is 6.50. The summed E-state index contributed by atoms with van der Waals surface area (Å²) in [6.07, 6.45) is 0.976. The number of nitrogens with two attached hydrogens (primary N) is 1. The summed E-state index contributed by atoms with van der Waals surface area (Å²) in [6.45, 7) is 6.86. The normalized spacial score (nSPS) is 12.7. The number of nitrogen functional groups attached to an aromatic ring is 1. The summed E-state index contributed by atoms with van der Waals surface area (Å²) >= 11 is 0. The largest absolute Gasteiger partial charge is 0.492 e. The highest BCUT2D eigenvalue weighted by molar-refractivity contribution is 5.54. The van der Waals surface area contributed by atoms with Gasteiger partial charge in [-0.3, -0.25) is 0 Å². The Kier molecular flexibility index (Phi) is 6.67. The van der Waals surface area contributed by atoms with E-state index in [4.69, 9.17) is 10.5 Å². The number of benzene rings is 1. The van der Waals surface area contributed by atoms with Gasteiger partial charge in [0.25, 0.3) is 0 Å². The maximum absolute atomic E-state index is 5.97. The number of hydrogen-bond donors (Lipinski definition) is 2. The summed E-state index contributed by atoms with van der Waals surface area (Å²) in [5.41, 5.74) is 7.93. The highest BCUT2D eigenvalue weighted by atomic mass is 16.5. The van der Waals surface area contributed by atoms with Gasteiger partial charge in [0, 0.05) is 19.1 Å². The molecule has 1 unspecified atom stereocenters. The summed E-state index contributed by atoms with van der Waals surface area (Å²) in [7, 11) is 4.17. The van der Waals surface area contributed by atoms with Gasteiger partial charge in [0.15, 0.2) is 0 Å². The van der Waals surface area contributed by atoms with Gasteiger partial charge in [-0.05, 0) is 52.1 Å². The van der Waals surface area contributed by atoms with Crippen LogP contribution in [0.4, 0.5) is 5.69 Å². The zero-order chi connectivity index (χ0) is 14.3. The van der Waals surface area contributed by atoms with Crippen LogP contribution in [0.1, 0.15) is 19.4 Å². The first-order valence-corrected chi connectivity index (χ1v) is 6.92. The maximum atomic E-state index is 5.97. The molecule has 0 bridgehead atoms. The number of ether oxygens (including phenoxy) is 1. The van der Waals surface area contributed by atoms with Crippen LogP contribution in [0.2, 0.25) is 0 Å². The number of nitrogens with one attached hydrogen (secondary N) is 1. The Hall–Kier alpha value is -1.26. The Labute approximate surface area is 116 Å². The van der Waals surface area contributed by atoms with Gasteiger partial charge in [-0.15, -0.1) is 0 Å². The molecule has 3 N–H and O–H groups in total. The second kappa shape index (κ2) is 8.02. The second-order valence-corrected chi connectivity index (χ2v) is 5.17. The predicted molar refractivity (Wildman–Crippen MR) is 81.7 cm³/mol. The minimum Gasteiger partial charge on any atom is -0.492 e. The van der Waals surface area contributed by atoms with Crippen molar-refractivity contribution in [2.45, 2.75) is 26.3 Å². The van der Waals surface area contributed by atoms with E-state index in [-0.39, 0.29) is 0 Å². The minimum absolute atomic E-state index is 0.442. The predicted octanol–water partition coefficient (Wildman–Crippen LogP) is 1.75. The van der Waals surface area contributed by atoms with Crippen molar-refractivity contribution in [2.24, 2.45) is 0 Å². The smallest absolute Gasteiger partial charge is 0.142 e. The Morgan fingerprint density at radius 1 is 1.37 bits per heavy atom. The molecule has 0 heterocycles. The molecule has 0 amide bonds. The van der Waals surface area contributed by atoms with Crippen LogP contribution >= 0.6 is 0 Å². The summed E-state index contributed by atoms with van der Waals surface area (Å²) in [5.74, 6) is 0.777. The van der Waals surface area contributed by atoms with Crippen molar-refractivity contribution in [1.82, 2.24) is 10.2 Å². The number of hydrogen-bond acceptors (Lipinski definition) is 4. The number of likely N-dealkylation sites (N-methyl/N-ethyl adjacent to an activating group) is 1. The van der Waals surface area contributed by atoms with Crippen LogP contribution in [0.25, 0.3) is 0 Å². The molecule has 1 aromatic carbocycles. The standard InChI is InChI=1S/C15H27N3O/c1-5-19-15-7-6-13(11-14(15)16)10-12(2)17-8-9-18(3)4/h6-7,11-12,17H,5,8-10,16H2,1-4H3. The minimum atomic E-state index is 0.442. The van der Waals surface area contributed by atoms with Crippen molar-refractivity contribution in [2.75, 3.05) is 39.5 Å². The third kappa shape index (κ3) is 5.94. The van der Waals surface area contributed by atoms with Gasteiger partial charge in [-0.2, -0.15) is 0 Å². The van der Waals surface area contributed by atoms with E-state index in [2.05, 4.69) is 37.3 Å². The van der Waals surface area contributed by atoms with E-state index in [0.717, 1.165) is 30.9 Å². The number of nitrogens with zero attached hydrogens (tertiary/aromatic N) is 1. The monoisotopic (exact) mass is 265 g/mol. The molecule has 0 aliphatic rings. The van der Waals surface area contributed by atoms with Gasteiger partial charge in [0.1, 0.15) is 5.75 Å². The lowest BCUT2D eigenvalue weighted by Gasteiger charge is -2.17. The van der Waals surface area contributed by atoms with Gasteiger partial charge >= 0.3 is 0 Å². The average molecular weight is 265 g/mol. The Morgan fingerprint density at radius 2 is 2.11 bits per heavy atom. The Morgan fingerprint density at radius 3 is 2.68 bits per heavy atom. The molecule has 108 valence electrons. The van der Waals surface area contributed by atoms with Crippen LogP contribution in [0.5, 0.6) is 5.75 Å². The van der Waals surface area contributed by atoms with Crippen molar-refractivity contribution >= 4 is 5.69 Å². The quantitative estimate of drug-likeness (QED) is 0.703. The summed E-state index contributed by atoms with van der Waals surface area (Å²) < 4.78 is 5.44. The molecule has 0 aromatic heterocycles. The Bertz CT molecular complexity index is 380. The molecule has 0 saturated carbocycles. The molecule has 1 rings (SSSR count). The molecule has 0 aliphatic heterocycles. The fourth-order valence-electron chi connectivity index (χ4n) is 1.97. The lowest BCUT2D eigenvalue weighted by molar-refractivity contribution is 0.342. The molecule has 4 heteroatoms. The van der Waals surface area contributed by atoms with Gasteiger partial charge < -0.3 is 20.7 Å². The molecule has 1 aromatic rings. The van der Waals surface area contributed by atoms with E-state index in [1.807, 2.05) is 19.1 Å². The molecule has 0 saturated heterocycles. The Balaban J connectivity index is 2.45. The van der Waals surface area contributed by atoms with Crippen molar-refractivity contribution in [3.05, 3.63) is 23.8 Å². The molecule has 0 radical (unpaired) electrons. The highest BCUT2D eigenvalue weighted by Crippen LogP contribution is 2.23. The molecule has 1 atom stereocenters. The van der Waals surface area contributed by atoms with Crippen LogP contribution in [0.15, 0.2) is 18.2 Å². The first kappa shape index (κ1) is 15.8. The summed E-state index contributed by atoms with van der Waals surface area (Å²) in [5, 5.41) is 3.51. The molecule has 4 nitrogen and oxygen atoms in total. The molecular weight excluding hydrogens is 238 g/mol. The molecule has 19 heavy (non-hydrogen) atoms. The van der Waals surface area contributed by atoms with E-state index in [9.17, 15) is 0 Å². The molecule has 0 spiro atoms. The third-order valence-electron chi connectivity index (χ3n) is 2.97. The number of rotatable bonds is 8. The van der Waals surface area contributed by atoms with E-state index in [1.54, 1.807) is 0 Å².